The lowest BCUT2D eigenvalue weighted by molar-refractivity contribution is -0.116. The highest BCUT2D eigenvalue weighted by Crippen LogP contribution is 2.45. The van der Waals surface area contributed by atoms with Gasteiger partial charge in [-0.3, -0.25) is 4.79 Å². The van der Waals surface area contributed by atoms with Crippen molar-refractivity contribution in [3.63, 3.8) is 0 Å². The van der Waals surface area contributed by atoms with Gasteiger partial charge in [-0.05, 0) is 31.0 Å². The number of aromatic nitrogens is 6. The fourth-order valence-corrected chi connectivity index (χ4v) is 4.18. The number of aryl methyl sites for hydroxylation is 1. The Morgan fingerprint density at radius 1 is 1.21 bits per heavy atom. The molecule has 1 aromatic carbocycles. The molecular weight excluding hydrogens is 422 g/mol. The van der Waals surface area contributed by atoms with E-state index in [1.807, 2.05) is 25.1 Å². The molecule has 0 aliphatic carbocycles. The first-order chi connectivity index (χ1) is 16.0. The van der Waals surface area contributed by atoms with Crippen molar-refractivity contribution in [3.05, 3.63) is 53.5 Å². The van der Waals surface area contributed by atoms with Crippen molar-refractivity contribution in [1.29, 1.82) is 0 Å². The average Bonchev–Trinajstić information content (AvgIpc) is 3.40. The molecule has 10 heteroatoms. The summed E-state index contributed by atoms with van der Waals surface area (Å²) in [5.74, 6) is 2.47. The van der Waals surface area contributed by atoms with Crippen molar-refractivity contribution in [2.24, 2.45) is 5.92 Å². The third kappa shape index (κ3) is 3.67. The topological polar surface area (TPSA) is 108 Å². The summed E-state index contributed by atoms with van der Waals surface area (Å²) in [5.41, 5.74) is 3.26. The van der Waals surface area contributed by atoms with Crippen LogP contribution in [0, 0.1) is 12.8 Å². The van der Waals surface area contributed by atoms with Crippen LogP contribution >= 0.6 is 0 Å². The minimum Gasteiger partial charge on any atom is -0.493 e. The number of rotatable bonds is 6. The quantitative estimate of drug-likeness (QED) is 0.484. The summed E-state index contributed by atoms with van der Waals surface area (Å²) in [6, 6.07) is 9.39. The molecule has 5 rings (SSSR count). The van der Waals surface area contributed by atoms with Crippen LogP contribution in [0.1, 0.15) is 43.0 Å². The van der Waals surface area contributed by atoms with Crippen LogP contribution in [0.25, 0.3) is 11.5 Å². The van der Waals surface area contributed by atoms with E-state index in [-0.39, 0.29) is 18.2 Å². The van der Waals surface area contributed by atoms with E-state index < -0.39 is 0 Å². The number of carbonyl (C=O) groups is 1. The number of benzene rings is 1. The first kappa shape index (κ1) is 20.9. The van der Waals surface area contributed by atoms with Crippen LogP contribution in [-0.4, -0.2) is 49.2 Å². The van der Waals surface area contributed by atoms with Crippen molar-refractivity contribution in [2.75, 3.05) is 19.0 Å². The van der Waals surface area contributed by atoms with Crippen molar-refractivity contribution in [2.45, 2.75) is 33.1 Å². The molecule has 4 heterocycles. The van der Waals surface area contributed by atoms with Crippen LogP contribution in [0.5, 0.6) is 11.5 Å². The number of nitrogens with one attached hydrogen (secondary N) is 1. The van der Waals surface area contributed by atoms with E-state index in [2.05, 4.69) is 34.5 Å². The number of para-hydroxylation sites is 1. The lowest BCUT2D eigenvalue weighted by Crippen LogP contribution is -2.25. The predicted molar refractivity (Wildman–Crippen MR) is 121 cm³/mol. The molecule has 3 aromatic heterocycles. The summed E-state index contributed by atoms with van der Waals surface area (Å²) in [4.78, 5) is 12.8. The lowest BCUT2D eigenvalue weighted by Gasteiger charge is -2.27. The summed E-state index contributed by atoms with van der Waals surface area (Å²) >= 11 is 0. The zero-order valence-electron chi connectivity index (χ0n) is 18.9. The second-order valence-electron chi connectivity index (χ2n) is 8.47. The highest BCUT2D eigenvalue weighted by atomic mass is 16.5. The van der Waals surface area contributed by atoms with E-state index in [1.165, 1.54) is 6.33 Å². The summed E-state index contributed by atoms with van der Waals surface area (Å²) in [5, 5.41) is 20.1. The number of hydrogen-bond acceptors (Lipinski definition) is 7. The molecule has 10 nitrogen and oxygen atoms in total. The molecule has 1 aliphatic heterocycles. The van der Waals surface area contributed by atoms with Crippen LogP contribution in [0.4, 0.5) is 5.82 Å². The molecule has 1 N–H and O–H groups in total. The van der Waals surface area contributed by atoms with Gasteiger partial charge in [-0.15, -0.1) is 15.3 Å². The third-order valence-corrected chi connectivity index (χ3v) is 5.63. The normalized spacial score (nSPS) is 15.5. The molecule has 0 radical (unpaired) electrons. The summed E-state index contributed by atoms with van der Waals surface area (Å²) < 4.78 is 15.0. The fourth-order valence-electron chi connectivity index (χ4n) is 4.18. The van der Waals surface area contributed by atoms with Crippen molar-refractivity contribution in [1.82, 2.24) is 29.6 Å². The smallest absolute Gasteiger partial charge is 0.226 e. The number of nitrogens with zero attached hydrogens (tertiary/aromatic N) is 6. The highest BCUT2D eigenvalue weighted by Gasteiger charge is 2.35. The Kier molecular flexibility index (Phi) is 5.20. The Morgan fingerprint density at radius 2 is 2.06 bits per heavy atom. The Hall–Kier alpha value is -3.95. The number of fused-ring (bicyclic) bond motifs is 2. The molecule has 0 fully saturated rings. The molecule has 0 bridgehead atoms. The zero-order chi connectivity index (χ0) is 23.1. The Balaban J connectivity index is 1.64. The highest BCUT2D eigenvalue weighted by molar-refractivity contribution is 5.95. The molecule has 170 valence electrons. The summed E-state index contributed by atoms with van der Waals surface area (Å²) in [6.07, 6.45) is 1.81. The third-order valence-electron chi connectivity index (χ3n) is 5.63. The van der Waals surface area contributed by atoms with E-state index in [0.29, 0.717) is 41.3 Å². The van der Waals surface area contributed by atoms with E-state index in [4.69, 9.17) is 14.6 Å². The van der Waals surface area contributed by atoms with Crippen LogP contribution < -0.4 is 14.8 Å². The second kappa shape index (κ2) is 8.19. The second-order valence-corrected chi connectivity index (χ2v) is 8.47. The molecule has 1 amide bonds. The maximum absolute atomic E-state index is 12.8. The van der Waals surface area contributed by atoms with Gasteiger partial charge in [0.05, 0.1) is 19.4 Å². The monoisotopic (exact) mass is 447 g/mol. The van der Waals surface area contributed by atoms with Gasteiger partial charge in [0.2, 0.25) is 5.91 Å². The first-order valence-corrected chi connectivity index (χ1v) is 10.8. The SMILES string of the molecule is COc1cccc([C@@H]2CC(=O)Nc3c2c(C)nn3-c2ccc3nncn3n2)c1OCC(C)C. The van der Waals surface area contributed by atoms with Crippen molar-refractivity contribution < 1.29 is 14.3 Å². The predicted octanol–water partition coefficient (Wildman–Crippen LogP) is 3.14. The molecule has 33 heavy (non-hydrogen) atoms. The van der Waals surface area contributed by atoms with Crippen LogP contribution in [-0.2, 0) is 4.79 Å². The van der Waals surface area contributed by atoms with E-state index in [0.717, 1.165) is 16.8 Å². The molecule has 0 spiro atoms. The van der Waals surface area contributed by atoms with E-state index >= 15 is 0 Å². The maximum Gasteiger partial charge on any atom is 0.226 e. The van der Waals surface area contributed by atoms with Gasteiger partial charge in [-0.25, -0.2) is 0 Å². The first-order valence-electron chi connectivity index (χ1n) is 10.8. The number of methoxy groups -OCH3 is 1. The number of carbonyl (C=O) groups excluding carboxylic acids is 1. The lowest BCUT2D eigenvalue weighted by atomic mass is 9.85. The van der Waals surface area contributed by atoms with Gasteiger partial charge >= 0.3 is 0 Å². The molecular formula is C23H25N7O3. The number of anilines is 1. The van der Waals surface area contributed by atoms with Gasteiger partial charge in [0, 0.05) is 23.5 Å². The standard InChI is InChI=1S/C23H25N7O3/c1-13(2)11-33-22-15(6-5-7-17(22)32-4)16-10-20(31)25-23-21(16)14(3)27-30(23)19-9-8-18-26-24-12-29(18)28-19/h5-9,12-13,16H,10-11H2,1-4H3,(H,25,31)/t16-/m0/s1. The fraction of sp³-hybridized carbons (Fsp3) is 0.348. The van der Waals surface area contributed by atoms with Gasteiger partial charge in [-0.1, -0.05) is 26.0 Å². The molecule has 0 saturated heterocycles. The van der Waals surface area contributed by atoms with Crippen molar-refractivity contribution in [3.8, 4) is 17.3 Å². The molecule has 0 saturated carbocycles. The molecule has 1 atom stereocenters. The van der Waals surface area contributed by atoms with Gasteiger partial charge in [0.1, 0.15) is 12.1 Å². The Labute approximate surface area is 190 Å². The van der Waals surface area contributed by atoms with E-state index in [9.17, 15) is 4.79 Å². The minimum absolute atomic E-state index is 0.100. The Bertz CT molecular complexity index is 1340. The average molecular weight is 447 g/mol. The molecule has 4 aromatic rings. The number of hydrogen-bond donors (Lipinski definition) is 1. The summed E-state index contributed by atoms with van der Waals surface area (Å²) in [6.45, 7) is 6.66. The maximum atomic E-state index is 12.8. The Morgan fingerprint density at radius 3 is 2.85 bits per heavy atom. The molecule has 1 aliphatic rings. The van der Waals surface area contributed by atoms with E-state index in [1.54, 1.807) is 28.4 Å². The van der Waals surface area contributed by atoms with Gasteiger partial charge in [-0.2, -0.15) is 14.3 Å². The van der Waals surface area contributed by atoms with Crippen LogP contribution in [0.2, 0.25) is 0 Å². The van der Waals surface area contributed by atoms with Crippen molar-refractivity contribution >= 4 is 17.4 Å². The van der Waals surface area contributed by atoms with Gasteiger partial charge < -0.3 is 14.8 Å². The number of ether oxygens (including phenoxy) is 2. The largest absolute Gasteiger partial charge is 0.493 e. The number of amides is 1. The van der Waals surface area contributed by atoms with Gasteiger partial charge in [0.15, 0.2) is 23.0 Å². The molecule has 0 unspecified atom stereocenters. The van der Waals surface area contributed by atoms with Crippen LogP contribution in [0.15, 0.2) is 36.7 Å². The van der Waals surface area contributed by atoms with Crippen LogP contribution in [0.3, 0.4) is 0 Å². The minimum atomic E-state index is -0.238. The zero-order valence-corrected chi connectivity index (χ0v) is 18.9. The van der Waals surface area contributed by atoms with Gasteiger partial charge in [0.25, 0.3) is 0 Å². The summed E-state index contributed by atoms with van der Waals surface area (Å²) in [7, 11) is 1.62.